The molecule has 0 bridgehead atoms. The molecule has 2 rings (SSSR count). The van der Waals surface area contributed by atoms with Crippen LogP contribution in [0.15, 0.2) is 47.1 Å². The maximum absolute atomic E-state index is 12.1. The van der Waals surface area contributed by atoms with Crippen LogP contribution in [0.2, 0.25) is 0 Å². The van der Waals surface area contributed by atoms with E-state index in [4.69, 9.17) is 4.42 Å². The Morgan fingerprint density at radius 2 is 1.83 bits per heavy atom. The lowest BCUT2D eigenvalue weighted by atomic mass is 9.92. The number of benzene rings is 1. The summed E-state index contributed by atoms with van der Waals surface area (Å²) in [6, 6.07) is 9.69. The number of carbonyl (C=O) groups is 2. The van der Waals surface area contributed by atoms with Gasteiger partial charge in [0, 0.05) is 17.8 Å². The number of aliphatic hydroxyl groups is 1. The van der Waals surface area contributed by atoms with Crippen molar-refractivity contribution in [3.63, 3.8) is 0 Å². The van der Waals surface area contributed by atoms with Gasteiger partial charge in [-0.3, -0.25) is 9.59 Å². The maximum Gasteiger partial charge on any atom is 0.291 e. The van der Waals surface area contributed by atoms with Crippen LogP contribution in [-0.4, -0.2) is 29.1 Å². The van der Waals surface area contributed by atoms with E-state index in [-0.39, 0.29) is 30.0 Å². The van der Waals surface area contributed by atoms with Gasteiger partial charge in [0.05, 0.1) is 11.9 Å². The molecule has 0 fully saturated rings. The molecule has 0 aliphatic rings. The number of anilines is 1. The Morgan fingerprint density at radius 1 is 1.17 bits per heavy atom. The molecule has 128 valence electrons. The quantitative estimate of drug-likeness (QED) is 0.759. The van der Waals surface area contributed by atoms with Crippen LogP contribution < -0.4 is 10.6 Å². The number of rotatable bonds is 6. The summed E-state index contributed by atoms with van der Waals surface area (Å²) in [5.41, 5.74) is 0.0415. The van der Waals surface area contributed by atoms with E-state index in [1.54, 1.807) is 43.3 Å². The average molecular weight is 330 g/mol. The molecule has 1 aromatic heterocycles. The molecular weight excluding hydrogens is 308 g/mol. The molecule has 1 aromatic carbocycles. The number of hydrogen-bond acceptors (Lipinski definition) is 4. The smallest absolute Gasteiger partial charge is 0.291 e. The van der Waals surface area contributed by atoms with E-state index in [0.29, 0.717) is 11.3 Å². The summed E-state index contributed by atoms with van der Waals surface area (Å²) in [5, 5.41) is 15.5. The van der Waals surface area contributed by atoms with E-state index >= 15 is 0 Å². The van der Waals surface area contributed by atoms with Gasteiger partial charge in [0.25, 0.3) is 11.8 Å². The molecule has 0 saturated carbocycles. The summed E-state index contributed by atoms with van der Waals surface area (Å²) >= 11 is 0. The van der Waals surface area contributed by atoms with Gasteiger partial charge in [-0.1, -0.05) is 13.8 Å². The van der Waals surface area contributed by atoms with E-state index in [1.165, 1.54) is 6.26 Å². The molecule has 24 heavy (non-hydrogen) atoms. The summed E-state index contributed by atoms with van der Waals surface area (Å²) in [4.78, 5) is 24.0. The second kappa shape index (κ2) is 7.31. The first kappa shape index (κ1) is 17.7. The number of furan rings is 1. The lowest BCUT2D eigenvalue weighted by molar-refractivity contribution is 0.0142. The number of nitrogens with one attached hydrogen (secondary N) is 2. The van der Waals surface area contributed by atoms with Gasteiger partial charge in [-0.2, -0.15) is 0 Å². The van der Waals surface area contributed by atoms with Crippen LogP contribution in [0, 0.1) is 5.92 Å². The second-order valence-electron chi connectivity index (χ2n) is 6.20. The predicted octanol–water partition coefficient (Wildman–Crippen LogP) is 2.67. The average Bonchev–Trinajstić information content (AvgIpc) is 3.08. The first-order valence-corrected chi connectivity index (χ1v) is 7.75. The van der Waals surface area contributed by atoms with Crippen LogP contribution in [-0.2, 0) is 0 Å². The van der Waals surface area contributed by atoms with Crippen molar-refractivity contribution >= 4 is 17.5 Å². The molecule has 6 heteroatoms. The van der Waals surface area contributed by atoms with Gasteiger partial charge in [-0.15, -0.1) is 0 Å². The monoisotopic (exact) mass is 330 g/mol. The normalized spacial score (nSPS) is 13.4. The highest BCUT2D eigenvalue weighted by Crippen LogP contribution is 2.15. The summed E-state index contributed by atoms with van der Waals surface area (Å²) in [7, 11) is 0. The SMILES string of the molecule is CC(C)C(C)(O)CNC(=O)c1ccc(NC(=O)c2ccco2)cc1. The Hall–Kier alpha value is -2.60. The van der Waals surface area contributed by atoms with Crippen LogP contribution in [0.3, 0.4) is 0 Å². The van der Waals surface area contributed by atoms with E-state index in [9.17, 15) is 14.7 Å². The molecule has 6 nitrogen and oxygen atoms in total. The Bertz CT molecular complexity index is 688. The van der Waals surface area contributed by atoms with E-state index < -0.39 is 5.60 Å². The molecule has 3 N–H and O–H groups in total. The first-order valence-electron chi connectivity index (χ1n) is 7.75. The van der Waals surface area contributed by atoms with Crippen molar-refractivity contribution in [1.29, 1.82) is 0 Å². The standard InChI is InChI=1S/C18H22N2O4/c1-12(2)18(3,23)11-19-16(21)13-6-8-14(9-7-13)20-17(22)15-5-4-10-24-15/h4-10,12,23H,11H2,1-3H3,(H,19,21)(H,20,22). The Kier molecular flexibility index (Phi) is 5.41. The topological polar surface area (TPSA) is 91.6 Å². The number of amides is 2. The molecule has 0 aliphatic heterocycles. The number of hydrogen-bond donors (Lipinski definition) is 3. The highest BCUT2D eigenvalue weighted by atomic mass is 16.3. The van der Waals surface area contributed by atoms with Crippen molar-refractivity contribution in [3.05, 3.63) is 54.0 Å². The third-order valence-electron chi connectivity index (χ3n) is 4.00. The molecule has 1 heterocycles. The lowest BCUT2D eigenvalue weighted by Gasteiger charge is -2.27. The Balaban J connectivity index is 1.94. The van der Waals surface area contributed by atoms with Crippen molar-refractivity contribution in [1.82, 2.24) is 5.32 Å². The van der Waals surface area contributed by atoms with E-state index in [2.05, 4.69) is 10.6 Å². The molecule has 2 amide bonds. The van der Waals surface area contributed by atoms with Crippen LogP contribution in [0.4, 0.5) is 5.69 Å². The van der Waals surface area contributed by atoms with Crippen molar-refractivity contribution < 1.29 is 19.1 Å². The molecule has 0 aliphatic carbocycles. The van der Waals surface area contributed by atoms with Crippen LogP contribution in [0.5, 0.6) is 0 Å². The minimum absolute atomic E-state index is 0.0250. The third kappa shape index (κ3) is 4.45. The zero-order valence-electron chi connectivity index (χ0n) is 14.0. The zero-order valence-corrected chi connectivity index (χ0v) is 14.0. The van der Waals surface area contributed by atoms with Crippen molar-refractivity contribution in [3.8, 4) is 0 Å². The Morgan fingerprint density at radius 3 is 2.38 bits per heavy atom. The fraction of sp³-hybridized carbons (Fsp3) is 0.333. The lowest BCUT2D eigenvalue weighted by Crippen LogP contribution is -2.44. The van der Waals surface area contributed by atoms with Crippen LogP contribution in [0.1, 0.15) is 41.7 Å². The van der Waals surface area contributed by atoms with Crippen LogP contribution in [0.25, 0.3) is 0 Å². The Labute approximate surface area is 140 Å². The van der Waals surface area contributed by atoms with Gasteiger partial charge in [0.2, 0.25) is 0 Å². The highest BCUT2D eigenvalue weighted by molar-refractivity contribution is 6.02. The van der Waals surface area contributed by atoms with Crippen LogP contribution >= 0.6 is 0 Å². The highest BCUT2D eigenvalue weighted by Gasteiger charge is 2.25. The minimum atomic E-state index is -0.966. The van der Waals surface area contributed by atoms with Gasteiger partial charge in [-0.25, -0.2) is 0 Å². The summed E-state index contributed by atoms with van der Waals surface area (Å²) in [6.45, 7) is 5.64. The van der Waals surface area contributed by atoms with Crippen molar-refractivity contribution in [2.75, 3.05) is 11.9 Å². The van der Waals surface area contributed by atoms with Gasteiger partial charge in [-0.05, 0) is 49.2 Å². The summed E-state index contributed by atoms with van der Waals surface area (Å²) in [6.07, 6.45) is 1.43. The summed E-state index contributed by atoms with van der Waals surface area (Å²) in [5.74, 6) is -0.394. The van der Waals surface area contributed by atoms with Crippen molar-refractivity contribution in [2.45, 2.75) is 26.4 Å². The minimum Gasteiger partial charge on any atom is -0.459 e. The fourth-order valence-electron chi connectivity index (χ4n) is 1.87. The van der Waals surface area contributed by atoms with Gasteiger partial charge in [0.1, 0.15) is 0 Å². The first-order chi connectivity index (χ1) is 11.3. The molecule has 0 saturated heterocycles. The molecular formula is C18H22N2O4. The molecule has 1 atom stereocenters. The van der Waals surface area contributed by atoms with E-state index in [1.807, 2.05) is 13.8 Å². The van der Waals surface area contributed by atoms with Gasteiger partial charge in [0.15, 0.2) is 5.76 Å². The maximum atomic E-state index is 12.1. The predicted molar refractivity (Wildman–Crippen MR) is 90.9 cm³/mol. The summed E-state index contributed by atoms with van der Waals surface area (Å²) < 4.78 is 5.01. The molecule has 2 aromatic rings. The largest absolute Gasteiger partial charge is 0.459 e. The molecule has 0 radical (unpaired) electrons. The second-order valence-corrected chi connectivity index (χ2v) is 6.20. The van der Waals surface area contributed by atoms with E-state index in [0.717, 1.165) is 0 Å². The van der Waals surface area contributed by atoms with Gasteiger partial charge < -0.3 is 20.2 Å². The fourth-order valence-corrected chi connectivity index (χ4v) is 1.87. The zero-order chi connectivity index (χ0) is 17.7. The van der Waals surface area contributed by atoms with Gasteiger partial charge >= 0.3 is 0 Å². The molecule has 0 spiro atoms. The molecule has 1 unspecified atom stereocenters. The third-order valence-corrected chi connectivity index (χ3v) is 4.00. The van der Waals surface area contributed by atoms with Crippen molar-refractivity contribution in [2.24, 2.45) is 5.92 Å². The number of carbonyl (C=O) groups excluding carboxylic acids is 2.